The summed E-state index contributed by atoms with van der Waals surface area (Å²) in [4.78, 5) is 55.3. The second-order valence-electron chi connectivity index (χ2n) is 9.74. The van der Waals surface area contributed by atoms with Gasteiger partial charge in [-0.15, -0.1) is 0 Å². The minimum Gasteiger partial charge on any atom is -0.493 e. The zero-order chi connectivity index (χ0) is 33.5. The van der Waals surface area contributed by atoms with E-state index in [1.54, 1.807) is 26.2 Å². The quantitative estimate of drug-likeness (QED) is 0.173. The molecule has 0 radical (unpaired) electrons. The van der Waals surface area contributed by atoms with Crippen LogP contribution in [-0.4, -0.2) is 89.7 Å². The third-order valence-corrected chi connectivity index (χ3v) is 6.15. The van der Waals surface area contributed by atoms with E-state index in [1.165, 1.54) is 52.2 Å². The molecular formula is C26H33FN7O10P. The number of phosphoric ester groups is 1. The van der Waals surface area contributed by atoms with Gasteiger partial charge in [0, 0.05) is 31.9 Å². The molecule has 0 spiro atoms. The van der Waals surface area contributed by atoms with E-state index in [0.29, 0.717) is 22.9 Å². The molecule has 4 rings (SSSR count). The van der Waals surface area contributed by atoms with Crippen LogP contribution in [0.15, 0.2) is 30.5 Å². The maximum absolute atomic E-state index is 14.7. The van der Waals surface area contributed by atoms with Crippen LogP contribution in [0.4, 0.5) is 33.5 Å². The average Bonchev–Trinajstić information content (AvgIpc) is 2.98. The van der Waals surface area contributed by atoms with Gasteiger partial charge >= 0.3 is 7.82 Å². The van der Waals surface area contributed by atoms with Crippen molar-refractivity contribution in [2.45, 2.75) is 19.4 Å². The number of carbonyl (C=O) groups is 2. The van der Waals surface area contributed by atoms with Crippen LogP contribution in [0, 0.1) is 5.82 Å². The van der Waals surface area contributed by atoms with Crippen LogP contribution >= 0.6 is 7.82 Å². The van der Waals surface area contributed by atoms with Crippen molar-refractivity contribution in [3.63, 3.8) is 0 Å². The molecule has 1 aliphatic rings. The van der Waals surface area contributed by atoms with E-state index in [0.717, 1.165) is 17.5 Å². The molecule has 0 atom stereocenters. The standard InChI is InChI=1S/C23H26FN6O9P.C3H7NO/c1-23(2)21(31)30(11-38-40(32,33)34)20-14(39-23)6-7-17(28-20)27-19-13(24)10-25-22(29-19)26-12-8-15(35-3)18(37-5)16(9-12)36-4;1-4(2)3-5/h6-10H,11H2,1-5H3,(H2,32,33,34)(H2,25,26,27,28,29);3H,1-2H3. The lowest BCUT2D eigenvalue weighted by Gasteiger charge is -2.37. The molecule has 4 N–H and O–H groups in total. The minimum atomic E-state index is -4.91. The summed E-state index contributed by atoms with van der Waals surface area (Å²) in [6.07, 6.45) is 1.68. The molecule has 2 amide bonds. The van der Waals surface area contributed by atoms with Gasteiger partial charge in [-0.3, -0.25) is 19.0 Å². The van der Waals surface area contributed by atoms with Gasteiger partial charge in [0.15, 0.2) is 40.3 Å². The molecule has 3 heterocycles. The number of pyridine rings is 1. The second-order valence-corrected chi connectivity index (χ2v) is 11.0. The van der Waals surface area contributed by atoms with E-state index in [-0.39, 0.29) is 29.2 Å². The first kappa shape index (κ1) is 34.7. The van der Waals surface area contributed by atoms with Crippen LogP contribution in [0.25, 0.3) is 0 Å². The molecular weight excluding hydrogens is 620 g/mol. The number of phosphoric acid groups is 1. The van der Waals surface area contributed by atoms with Crippen molar-refractivity contribution in [3.8, 4) is 23.0 Å². The summed E-state index contributed by atoms with van der Waals surface area (Å²) in [6, 6.07) is 6.12. The highest BCUT2D eigenvalue weighted by molar-refractivity contribution is 7.46. The number of hydrogen-bond acceptors (Lipinski definition) is 13. The van der Waals surface area contributed by atoms with Crippen LogP contribution in [0.1, 0.15) is 13.8 Å². The molecule has 45 heavy (non-hydrogen) atoms. The Labute approximate surface area is 257 Å². The summed E-state index contributed by atoms with van der Waals surface area (Å²) in [5.74, 6) is -0.550. The zero-order valence-electron chi connectivity index (χ0n) is 25.4. The van der Waals surface area contributed by atoms with Gasteiger partial charge in [-0.2, -0.15) is 4.98 Å². The fourth-order valence-corrected chi connectivity index (χ4v) is 3.96. The maximum atomic E-state index is 14.7. The summed E-state index contributed by atoms with van der Waals surface area (Å²) in [7, 11) is 2.85. The third kappa shape index (κ3) is 8.89. The van der Waals surface area contributed by atoms with E-state index >= 15 is 0 Å². The van der Waals surface area contributed by atoms with E-state index in [2.05, 4.69) is 30.1 Å². The van der Waals surface area contributed by atoms with Gasteiger partial charge in [0.1, 0.15) is 12.5 Å². The lowest BCUT2D eigenvalue weighted by molar-refractivity contribution is -0.133. The van der Waals surface area contributed by atoms with Crippen molar-refractivity contribution in [1.29, 1.82) is 0 Å². The molecule has 0 unspecified atom stereocenters. The van der Waals surface area contributed by atoms with Crippen LogP contribution in [0.5, 0.6) is 23.0 Å². The Morgan fingerprint density at radius 1 is 1.09 bits per heavy atom. The van der Waals surface area contributed by atoms with Gasteiger partial charge < -0.3 is 44.3 Å². The monoisotopic (exact) mass is 653 g/mol. The highest BCUT2D eigenvalue weighted by atomic mass is 31.2. The SMILES string of the molecule is CN(C)C=O.COc1cc(Nc2ncc(F)c(Nc3ccc4c(n3)N(COP(=O)(O)O)C(=O)C(C)(C)O4)n2)cc(OC)c1OC. The molecule has 1 aromatic carbocycles. The number of carbonyl (C=O) groups excluding carboxylic acids is 2. The van der Waals surface area contributed by atoms with Crippen molar-refractivity contribution in [2.75, 3.05) is 57.7 Å². The molecule has 17 nitrogen and oxygen atoms in total. The Balaban J connectivity index is 0.00000102. The molecule has 0 saturated heterocycles. The van der Waals surface area contributed by atoms with Gasteiger partial charge in [0.25, 0.3) is 5.91 Å². The van der Waals surface area contributed by atoms with E-state index in [1.807, 2.05) is 0 Å². The summed E-state index contributed by atoms with van der Waals surface area (Å²) in [6.45, 7) is 2.16. The van der Waals surface area contributed by atoms with Gasteiger partial charge in [-0.1, -0.05) is 0 Å². The van der Waals surface area contributed by atoms with Gasteiger partial charge in [0.05, 0.1) is 27.5 Å². The summed E-state index contributed by atoms with van der Waals surface area (Å²) >= 11 is 0. The summed E-state index contributed by atoms with van der Waals surface area (Å²) < 4.78 is 52.1. The molecule has 19 heteroatoms. The van der Waals surface area contributed by atoms with E-state index < -0.39 is 31.9 Å². The lowest BCUT2D eigenvalue weighted by atomic mass is 10.1. The van der Waals surface area contributed by atoms with E-state index in [9.17, 15) is 18.5 Å². The molecule has 0 bridgehead atoms. The average molecular weight is 654 g/mol. The van der Waals surface area contributed by atoms with Crippen LogP contribution in [-0.2, 0) is 18.7 Å². The number of nitrogens with one attached hydrogen (secondary N) is 2. The van der Waals surface area contributed by atoms with Crippen LogP contribution < -0.4 is 34.5 Å². The second kappa shape index (κ2) is 14.3. The van der Waals surface area contributed by atoms with Crippen molar-refractivity contribution < 1.29 is 51.8 Å². The number of anilines is 5. The van der Waals surface area contributed by atoms with Gasteiger partial charge in [-0.25, -0.2) is 18.9 Å². The summed E-state index contributed by atoms with van der Waals surface area (Å²) in [5.41, 5.74) is -0.911. The first-order valence-corrected chi connectivity index (χ1v) is 14.4. The number of aromatic nitrogens is 3. The number of rotatable bonds is 11. The number of hydrogen-bond donors (Lipinski definition) is 4. The molecule has 2 aromatic heterocycles. The first-order valence-electron chi connectivity index (χ1n) is 12.8. The number of amides is 2. The van der Waals surface area contributed by atoms with E-state index in [4.69, 9.17) is 28.7 Å². The predicted molar refractivity (Wildman–Crippen MR) is 159 cm³/mol. The van der Waals surface area contributed by atoms with Gasteiger partial charge in [-0.05, 0) is 26.0 Å². The predicted octanol–water partition coefficient (Wildman–Crippen LogP) is 2.80. The molecule has 244 valence electrons. The molecule has 0 fully saturated rings. The third-order valence-electron chi connectivity index (χ3n) is 5.70. The minimum absolute atomic E-state index is 0.00747. The topological polar surface area (TPSA) is 207 Å². The molecule has 0 saturated carbocycles. The van der Waals surface area contributed by atoms with Crippen molar-refractivity contribution >= 4 is 49.2 Å². The first-order chi connectivity index (χ1) is 21.1. The fourth-order valence-electron chi connectivity index (χ4n) is 3.69. The number of ether oxygens (including phenoxy) is 4. The highest BCUT2D eigenvalue weighted by Crippen LogP contribution is 2.42. The number of halogens is 1. The zero-order valence-corrected chi connectivity index (χ0v) is 26.3. The normalized spacial score (nSPS) is 13.4. The molecule has 0 aliphatic carbocycles. The van der Waals surface area contributed by atoms with Crippen molar-refractivity contribution in [3.05, 3.63) is 36.3 Å². The fraction of sp³-hybridized carbons (Fsp3) is 0.346. The highest BCUT2D eigenvalue weighted by Gasteiger charge is 2.42. The number of fused-ring (bicyclic) bond motifs is 1. The maximum Gasteiger partial charge on any atom is 0.471 e. The van der Waals surface area contributed by atoms with Crippen molar-refractivity contribution in [1.82, 2.24) is 19.9 Å². The summed E-state index contributed by atoms with van der Waals surface area (Å²) in [5, 5.41) is 5.64. The van der Waals surface area contributed by atoms with Crippen LogP contribution in [0.2, 0.25) is 0 Å². The number of benzene rings is 1. The van der Waals surface area contributed by atoms with Crippen LogP contribution in [0.3, 0.4) is 0 Å². The van der Waals surface area contributed by atoms with Crippen molar-refractivity contribution in [2.24, 2.45) is 0 Å². The Morgan fingerprint density at radius 2 is 1.71 bits per heavy atom. The Morgan fingerprint density at radius 3 is 2.24 bits per heavy atom. The molecule has 3 aromatic rings. The number of nitrogens with zero attached hydrogens (tertiary/aromatic N) is 5. The largest absolute Gasteiger partial charge is 0.493 e. The Kier molecular flexibility index (Phi) is 11.1. The van der Waals surface area contributed by atoms with Gasteiger partial charge in [0.2, 0.25) is 18.1 Å². The lowest BCUT2D eigenvalue weighted by Crippen LogP contribution is -2.53. The Bertz CT molecular complexity index is 1560. The smallest absolute Gasteiger partial charge is 0.471 e. The molecule has 1 aliphatic heterocycles. The Hall–Kier alpha value is -4.77. The number of methoxy groups -OCH3 is 3.